The van der Waals surface area contributed by atoms with Crippen molar-refractivity contribution < 1.29 is 31.5 Å². The Bertz CT molecular complexity index is 1240. The number of halogens is 6. The number of aromatic nitrogens is 2. The summed E-state index contributed by atoms with van der Waals surface area (Å²) >= 11 is 1.96. The van der Waals surface area contributed by atoms with Crippen LogP contribution in [0.3, 0.4) is 0 Å². The molecule has 0 saturated carbocycles. The lowest BCUT2D eigenvalue weighted by Gasteiger charge is -2.18. The van der Waals surface area contributed by atoms with Crippen LogP contribution in [0.15, 0.2) is 48.7 Å². The lowest BCUT2D eigenvalue weighted by atomic mass is 10.1. The monoisotopic (exact) mass is 547 g/mol. The summed E-state index contributed by atoms with van der Waals surface area (Å²) < 4.78 is 66.2. The number of carbonyl (C=O) groups excluding carboxylic acids is 2. The maximum Gasteiger partial charge on any atom is 0.459 e. The highest BCUT2D eigenvalue weighted by Crippen LogP contribution is 2.43. The van der Waals surface area contributed by atoms with Crippen molar-refractivity contribution in [3.05, 3.63) is 74.6 Å². The summed E-state index contributed by atoms with van der Waals surface area (Å²) in [5, 5.41) is 3.36. The van der Waals surface area contributed by atoms with Gasteiger partial charge in [0.05, 0.1) is 22.5 Å². The topological polar surface area (TPSA) is 55.2 Å². The van der Waals surface area contributed by atoms with Crippen molar-refractivity contribution >= 4 is 40.1 Å². The maximum absolute atomic E-state index is 13.5. The van der Waals surface area contributed by atoms with Crippen LogP contribution in [0.25, 0.3) is 5.69 Å². The lowest BCUT2D eigenvalue weighted by molar-refractivity contribution is -0.291. The predicted octanol–water partition coefficient (Wildman–Crippen LogP) is 5.24. The van der Waals surface area contributed by atoms with Crippen molar-refractivity contribution in [1.82, 2.24) is 9.78 Å². The normalized spacial score (nSPS) is 14.4. The molecule has 0 spiro atoms. The highest BCUT2D eigenvalue weighted by Gasteiger charge is 2.60. The van der Waals surface area contributed by atoms with Crippen molar-refractivity contribution in [2.45, 2.75) is 19.0 Å². The molecule has 1 aliphatic heterocycles. The molecule has 11 heteroatoms. The van der Waals surface area contributed by atoms with Gasteiger partial charge in [-0.05, 0) is 71.5 Å². The van der Waals surface area contributed by atoms with E-state index in [-0.39, 0.29) is 16.9 Å². The number of nitrogens with zero attached hydrogens (tertiary/aromatic N) is 3. The molecule has 160 valence electrons. The van der Waals surface area contributed by atoms with E-state index in [0.29, 0.717) is 20.8 Å². The number of imide groups is 1. The first kappa shape index (κ1) is 21.4. The maximum atomic E-state index is 13.5. The zero-order chi connectivity index (χ0) is 22.7. The van der Waals surface area contributed by atoms with E-state index in [9.17, 15) is 31.5 Å². The van der Waals surface area contributed by atoms with Crippen LogP contribution in [0.1, 0.15) is 32.0 Å². The van der Waals surface area contributed by atoms with Gasteiger partial charge in [0.25, 0.3) is 11.8 Å². The van der Waals surface area contributed by atoms with Gasteiger partial charge in [0, 0.05) is 9.77 Å². The molecule has 0 radical (unpaired) electrons. The van der Waals surface area contributed by atoms with Gasteiger partial charge >= 0.3 is 12.1 Å². The molecule has 4 rings (SSSR count). The van der Waals surface area contributed by atoms with Crippen LogP contribution in [0.4, 0.5) is 27.6 Å². The molecule has 5 nitrogen and oxygen atoms in total. The van der Waals surface area contributed by atoms with Crippen molar-refractivity contribution in [3.63, 3.8) is 0 Å². The molecule has 0 unspecified atom stereocenters. The van der Waals surface area contributed by atoms with Crippen molar-refractivity contribution in [2.24, 2.45) is 0 Å². The number of amides is 2. The van der Waals surface area contributed by atoms with E-state index in [0.717, 1.165) is 15.8 Å². The molecule has 0 N–H and O–H groups in total. The molecule has 31 heavy (non-hydrogen) atoms. The number of alkyl halides is 5. The molecule has 2 aromatic carbocycles. The molecular formula is C20H11F5IN3O2. The largest absolute Gasteiger partial charge is 0.459 e. The minimum atomic E-state index is -5.77. The third kappa shape index (κ3) is 3.30. The van der Waals surface area contributed by atoms with Gasteiger partial charge in [-0.1, -0.05) is 6.07 Å². The molecule has 0 aliphatic carbocycles. The van der Waals surface area contributed by atoms with Crippen molar-refractivity contribution in [1.29, 1.82) is 0 Å². The Hall–Kier alpha value is -2.83. The molecule has 0 saturated heterocycles. The first-order valence-corrected chi connectivity index (χ1v) is 9.80. The van der Waals surface area contributed by atoms with Gasteiger partial charge < -0.3 is 0 Å². The Kier molecular flexibility index (Phi) is 4.91. The molecule has 2 heterocycles. The zero-order valence-corrected chi connectivity index (χ0v) is 17.7. The fraction of sp³-hybridized carbons (Fsp3) is 0.150. The third-order valence-corrected chi connectivity index (χ3v) is 5.72. The van der Waals surface area contributed by atoms with Gasteiger partial charge in [-0.25, -0.2) is 9.58 Å². The van der Waals surface area contributed by atoms with Gasteiger partial charge in [0.2, 0.25) is 0 Å². The van der Waals surface area contributed by atoms with Crippen LogP contribution in [0.5, 0.6) is 0 Å². The van der Waals surface area contributed by atoms with Crippen LogP contribution in [0.2, 0.25) is 0 Å². The Morgan fingerprint density at radius 1 is 0.968 bits per heavy atom. The van der Waals surface area contributed by atoms with Gasteiger partial charge in [0.1, 0.15) is 5.69 Å². The van der Waals surface area contributed by atoms with Gasteiger partial charge in [-0.15, -0.1) is 0 Å². The standard InChI is InChI=1S/C20H11F5IN3O2/c1-10-9-11(28-8-7-15(27-28)19(21,22)20(23,24)25)5-6-14(10)29-17(30)12-3-2-4-13(26)16(12)18(29)31/h2-9H,1H3. The second-order valence-corrected chi connectivity index (χ2v) is 7.96. The number of rotatable bonds is 3. The Labute approximate surface area is 185 Å². The number of hydrogen-bond acceptors (Lipinski definition) is 3. The molecular weight excluding hydrogens is 536 g/mol. The minimum Gasteiger partial charge on any atom is -0.268 e. The van der Waals surface area contributed by atoms with Gasteiger partial charge in [-0.3, -0.25) is 9.59 Å². The van der Waals surface area contributed by atoms with Crippen LogP contribution in [0, 0.1) is 10.5 Å². The first-order valence-electron chi connectivity index (χ1n) is 8.72. The molecule has 3 aromatic rings. The van der Waals surface area contributed by atoms with Crippen LogP contribution < -0.4 is 4.90 Å². The van der Waals surface area contributed by atoms with Crippen molar-refractivity contribution in [2.75, 3.05) is 4.90 Å². The highest BCUT2D eigenvalue weighted by atomic mass is 127. The number of hydrogen-bond donors (Lipinski definition) is 0. The van der Waals surface area contributed by atoms with E-state index in [1.54, 1.807) is 25.1 Å². The minimum absolute atomic E-state index is 0.191. The van der Waals surface area contributed by atoms with E-state index in [4.69, 9.17) is 0 Å². The highest BCUT2D eigenvalue weighted by molar-refractivity contribution is 14.1. The van der Waals surface area contributed by atoms with E-state index in [1.165, 1.54) is 18.2 Å². The number of anilines is 1. The summed E-state index contributed by atoms with van der Waals surface area (Å²) in [5.41, 5.74) is 0.0304. The Morgan fingerprint density at radius 3 is 2.29 bits per heavy atom. The van der Waals surface area contributed by atoms with Crippen LogP contribution in [-0.2, 0) is 5.92 Å². The third-order valence-electron chi connectivity index (χ3n) is 4.82. The molecule has 2 amide bonds. The number of benzene rings is 2. The van der Waals surface area contributed by atoms with E-state index in [1.807, 2.05) is 22.6 Å². The molecule has 0 fully saturated rings. The molecule has 0 atom stereocenters. The Balaban J connectivity index is 1.69. The van der Waals surface area contributed by atoms with Crippen LogP contribution in [-0.4, -0.2) is 27.8 Å². The summed E-state index contributed by atoms with van der Waals surface area (Å²) in [6.45, 7) is 1.59. The predicted molar refractivity (Wildman–Crippen MR) is 109 cm³/mol. The van der Waals surface area contributed by atoms with Crippen molar-refractivity contribution in [3.8, 4) is 5.69 Å². The number of aryl methyl sites for hydroxylation is 1. The van der Waals surface area contributed by atoms with E-state index in [2.05, 4.69) is 5.10 Å². The summed E-state index contributed by atoms with van der Waals surface area (Å²) in [7, 11) is 0. The average Bonchev–Trinajstić information content (AvgIpc) is 3.27. The second kappa shape index (κ2) is 7.11. The summed E-state index contributed by atoms with van der Waals surface area (Å²) in [4.78, 5) is 26.6. The second-order valence-electron chi connectivity index (χ2n) is 6.80. The smallest absolute Gasteiger partial charge is 0.268 e. The first-order chi connectivity index (χ1) is 14.4. The quantitative estimate of drug-likeness (QED) is 0.256. The SMILES string of the molecule is Cc1cc(-n2ccc(C(F)(F)C(F)(F)F)n2)ccc1N1C(=O)c2cccc(I)c2C1=O. The fourth-order valence-electron chi connectivity index (χ4n) is 3.28. The van der Waals surface area contributed by atoms with E-state index >= 15 is 0 Å². The summed E-state index contributed by atoms with van der Waals surface area (Å²) in [5.74, 6) is -6.09. The average molecular weight is 547 g/mol. The van der Waals surface area contributed by atoms with Crippen LogP contribution >= 0.6 is 22.6 Å². The molecule has 1 aliphatic rings. The number of carbonyl (C=O) groups is 2. The van der Waals surface area contributed by atoms with E-state index < -0.39 is 29.6 Å². The van der Waals surface area contributed by atoms with Gasteiger partial charge in [-0.2, -0.15) is 27.1 Å². The lowest BCUT2D eigenvalue weighted by Crippen LogP contribution is -2.34. The summed E-state index contributed by atoms with van der Waals surface area (Å²) in [6, 6.07) is 9.73. The number of fused-ring (bicyclic) bond motifs is 1. The Morgan fingerprint density at radius 2 is 1.68 bits per heavy atom. The molecule has 1 aromatic heterocycles. The summed E-state index contributed by atoms with van der Waals surface area (Å²) in [6.07, 6.45) is -4.79. The zero-order valence-electron chi connectivity index (χ0n) is 15.5. The van der Waals surface area contributed by atoms with Gasteiger partial charge in [0.15, 0.2) is 0 Å². The fourth-order valence-corrected chi connectivity index (χ4v) is 4.01. The molecule has 0 bridgehead atoms.